The van der Waals surface area contributed by atoms with Crippen molar-refractivity contribution in [2.45, 2.75) is 19.1 Å². The van der Waals surface area contributed by atoms with Gasteiger partial charge < -0.3 is 9.84 Å². The molecule has 1 aliphatic carbocycles. The van der Waals surface area contributed by atoms with Gasteiger partial charge in [0.2, 0.25) is 0 Å². The zero-order valence-corrected chi connectivity index (χ0v) is 8.67. The second-order valence-corrected chi connectivity index (χ2v) is 3.92. The van der Waals surface area contributed by atoms with Gasteiger partial charge in [0.25, 0.3) is 0 Å². The summed E-state index contributed by atoms with van der Waals surface area (Å²) in [6.45, 7) is 1.26. The summed E-state index contributed by atoms with van der Waals surface area (Å²) in [4.78, 5) is 0. The number of rotatable bonds is 4. The zero-order chi connectivity index (χ0) is 10.5. The van der Waals surface area contributed by atoms with Crippen molar-refractivity contribution in [3.63, 3.8) is 0 Å². The fraction of sp³-hybridized carbons (Fsp3) is 0.385. The van der Waals surface area contributed by atoms with Crippen LogP contribution in [-0.2, 0) is 11.3 Å². The van der Waals surface area contributed by atoms with Gasteiger partial charge in [0, 0.05) is 5.92 Å². The van der Waals surface area contributed by atoms with Crippen molar-refractivity contribution in [1.29, 1.82) is 0 Å². The summed E-state index contributed by atoms with van der Waals surface area (Å²) in [6, 6.07) is 10.1. The van der Waals surface area contributed by atoms with Gasteiger partial charge >= 0.3 is 0 Å². The molecule has 0 radical (unpaired) electrons. The van der Waals surface area contributed by atoms with E-state index in [-0.39, 0.29) is 12.0 Å². The molecule has 1 aromatic rings. The predicted octanol–water partition coefficient (Wildman–Crippen LogP) is 2.14. The molecule has 0 aliphatic heterocycles. The highest BCUT2D eigenvalue weighted by molar-refractivity contribution is 5.13. The third-order valence-electron chi connectivity index (χ3n) is 2.70. The van der Waals surface area contributed by atoms with Crippen molar-refractivity contribution in [3.8, 4) is 0 Å². The third kappa shape index (κ3) is 2.91. The van der Waals surface area contributed by atoms with E-state index in [1.807, 2.05) is 42.5 Å². The van der Waals surface area contributed by atoms with E-state index in [0.29, 0.717) is 13.2 Å². The summed E-state index contributed by atoms with van der Waals surface area (Å²) in [6.07, 6.45) is 4.47. The summed E-state index contributed by atoms with van der Waals surface area (Å²) in [5, 5.41) is 9.52. The molecule has 0 fully saturated rings. The van der Waals surface area contributed by atoms with Crippen molar-refractivity contribution in [1.82, 2.24) is 0 Å². The monoisotopic (exact) mass is 204 g/mol. The van der Waals surface area contributed by atoms with Gasteiger partial charge in [-0.2, -0.15) is 0 Å². The fourth-order valence-corrected chi connectivity index (χ4v) is 1.76. The Hall–Kier alpha value is -1.12. The van der Waals surface area contributed by atoms with E-state index in [4.69, 9.17) is 4.74 Å². The Kier molecular flexibility index (Phi) is 3.54. The van der Waals surface area contributed by atoms with E-state index in [1.54, 1.807) is 0 Å². The molecule has 0 spiro atoms. The number of aliphatic hydroxyl groups excluding tert-OH is 1. The van der Waals surface area contributed by atoms with Crippen LogP contribution < -0.4 is 0 Å². The highest BCUT2D eigenvalue weighted by Gasteiger charge is 2.20. The lowest BCUT2D eigenvalue weighted by Crippen LogP contribution is -2.18. The molecule has 80 valence electrons. The van der Waals surface area contributed by atoms with Crippen LogP contribution in [-0.4, -0.2) is 17.8 Å². The van der Waals surface area contributed by atoms with Crippen LogP contribution in [0.5, 0.6) is 0 Å². The maximum Gasteiger partial charge on any atom is 0.0774 e. The quantitative estimate of drug-likeness (QED) is 0.761. The first-order valence-electron chi connectivity index (χ1n) is 5.32. The minimum absolute atomic E-state index is 0.244. The molecule has 15 heavy (non-hydrogen) atoms. The van der Waals surface area contributed by atoms with Crippen LogP contribution in [0.25, 0.3) is 0 Å². The van der Waals surface area contributed by atoms with Crippen molar-refractivity contribution < 1.29 is 9.84 Å². The first kappa shape index (κ1) is 10.4. The van der Waals surface area contributed by atoms with E-state index in [9.17, 15) is 5.11 Å². The lowest BCUT2D eigenvalue weighted by molar-refractivity contribution is 0.0466. The summed E-state index contributed by atoms with van der Waals surface area (Å²) >= 11 is 0. The van der Waals surface area contributed by atoms with Gasteiger partial charge in [-0.05, 0) is 12.0 Å². The molecule has 0 bridgehead atoms. The molecule has 1 aromatic carbocycles. The van der Waals surface area contributed by atoms with Crippen LogP contribution in [0.4, 0.5) is 0 Å². The highest BCUT2D eigenvalue weighted by atomic mass is 16.5. The first-order valence-corrected chi connectivity index (χ1v) is 5.32. The number of hydrogen-bond donors (Lipinski definition) is 1. The Bertz CT molecular complexity index is 319. The second kappa shape index (κ2) is 5.10. The molecular formula is C13H16O2. The molecule has 1 aliphatic rings. The smallest absolute Gasteiger partial charge is 0.0774 e. The Morgan fingerprint density at radius 1 is 1.27 bits per heavy atom. The van der Waals surface area contributed by atoms with Gasteiger partial charge in [-0.1, -0.05) is 42.5 Å². The minimum atomic E-state index is -0.319. The summed E-state index contributed by atoms with van der Waals surface area (Å²) in [5.41, 5.74) is 1.18. The van der Waals surface area contributed by atoms with E-state index >= 15 is 0 Å². The molecule has 0 amide bonds. The van der Waals surface area contributed by atoms with Crippen molar-refractivity contribution in [3.05, 3.63) is 48.0 Å². The Balaban J connectivity index is 1.71. The molecule has 1 N–H and O–H groups in total. The Labute approximate surface area is 90.2 Å². The summed E-state index contributed by atoms with van der Waals surface area (Å²) < 4.78 is 5.57. The van der Waals surface area contributed by atoms with Crippen LogP contribution >= 0.6 is 0 Å². The van der Waals surface area contributed by atoms with E-state index in [0.717, 1.165) is 6.42 Å². The maximum absolute atomic E-state index is 9.52. The lowest BCUT2D eigenvalue weighted by Gasteiger charge is -2.14. The maximum atomic E-state index is 9.52. The summed E-state index contributed by atoms with van der Waals surface area (Å²) in [5.74, 6) is 0.244. The predicted molar refractivity (Wildman–Crippen MR) is 59.4 cm³/mol. The SMILES string of the molecule is OC1C=CCC1COCc1ccccc1. The van der Waals surface area contributed by atoms with Crippen LogP contribution in [0.15, 0.2) is 42.5 Å². The molecule has 0 aromatic heterocycles. The molecular weight excluding hydrogens is 188 g/mol. The molecule has 2 rings (SSSR count). The van der Waals surface area contributed by atoms with Gasteiger partial charge in [0.05, 0.1) is 19.3 Å². The standard InChI is InChI=1S/C13H16O2/c14-13-8-4-7-12(13)10-15-9-11-5-2-1-3-6-11/h1-6,8,12-14H,7,9-10H2. The molecule has 2 unspecified atom stereocenters. The number of aliphatic hydroxyl groups is 1. The molecule has 0 saturated carbocycles. The van der Waals surface area contributed by atoms with Crippen LogP contribution in [0.1, 0.15) is 12.0 Å². The topological polar surface area (TPSA) is 29.5 Å². The van der Waals surface area contributed by atoms with E-state index in [1.165, 1.54) is 5.56 Å². The largest absolute Gasteiger partial charge is 0.389 e. The van der Waals surface area contributed by atoms with Crippen LogP contribution in [0, 0.1) is 5.92 Å². The Morgan fingerprint density at radius 3 is 2.73 bits per heavy atom. The lowest BCUT2D eigenvalue weighted by atomic mass is 10.1. The molecule has 0 heterocycles. The molecule has 2 heteroatoms. The highest BCUT2D eigenvalue weighted by Crippen LogP contribution is 2.19. The zero-order valence-electron chi connectivity index (χ0n) is 8.67. The van der Waals surface area contributed by atoms with Gasteiger partial charge in [-0.25, -0.2) is 0 Å². The molecule has 0 saturated heterocycles. The Morgan fingerprint density at radius 2 is 2.07 bits per heavy atom. The average molecular weight is 204 g/mol. The molecule has 2 atom stereocenters. The average Bonchev–Trinajstić information content (AvgIpc) is 2.66. The van der Waals surface area contributed by atoms with Crippen LogP contribution in [0.3, 0.4) is 0 Å². The van der Waals surface area contributed by atoms with E-state index < -0.39 is 0 Å². The number of ether oxygens (including phenoxy) is 1. The number of benzene rings is 1. The third-order valence-corrected chi connectivity index (χ3v) is 2.70. The number of hydrogen-bond acceptors (Lipinski definition) is 2. The van der Waals surface area contributed by atoms with Crippen LogP contribution in [0.2, 0.25) is 0 Å². The molecule has 2 nitrogen and oxygen atoms in total. The van der Waals surface area contributed by atoms with Gasteiger partial charge in [-0.3, -0.25) is 0 Å². The minimum Gasteiger partial charge on any atom is -0.389 e. The first-order chi connectivity index (χ1) is 7.36. The van der Waals surface area contributed by atoms with Gasteiger partial charge in [-0.15, -0.1) is 0 Å². The van der Waals surface area contributed by atoms with E-state index in [2.05, 4.69) is 0 Å². The number of allylic oxidation sites excluding steroid dienone is 1. The fourth-order valence-electron chi connectivity index (χ4n) is 1.76. The normalized spacial score (nSPS) is 24.6. The second-order valence-electron chi connectivity index (χ2n) is 3.92. The van der Waals surface area contributed by atoms with Crippen molar-refractivity contribution >= 4 is 0 Å². The van der Waals surface area contributed by atoms with Gasteiger partial charge in [0.1, 0.15) is 0 Å². The van der Waals surface area contributed by atoms with Crippen molar-refractivity contribution in [2.75, 3.05) is 6.61 Å². The van der Waals surface area contributed by atoms with Gasteiger partial charge in [0.15, 0.2) is 0 Å². The van der Waals surface area contributed by atoms with Crippen molar-refractivity contribution in [2.24, 2.45) is 5.92 Å². The summed E-state index contributed by atoms with van der Waals surface area (Å²) in [7, 11) is 0.